The van der Waals surface area contributed by atoms with E-state index in [0.717, 1.165) is 35.8 Å². The van der Waals surface area contributed by atoms with E-state index in [-0.39, 0.29) is 5.41 Å². The SMILES string of the molecule is CCOc1ccccc1OCCSCC1(CC(=O)O)CC1. The molecule has 5 heteroatoms. The molecule has 1 saturated carbocycles. The first kappa shape index (κ1) is 16.0. The van der Waals surface area contributed by atoms with Gasteiger partial charge in [-0.05, 0) is 43.1 Å². The highest BCUT2D eigenvalue weighted by molar-refractivity contribution is 7.99. The third kappa shape index (κ3) is 5.16. The predicted molar refractivity (Wildman–Crippen MR) is 84.4 cm³/mol. The fourth-order valence-electron chi connectivity index (χ4n) is 2.21. The van der Waals surface area contributed by atoms with E-state index in [9.17, 15) is 4.79 Å². The summed E-state index contributed by atoms with van der Waals surface area (Å²) in [5, 5.41) is 8.87. The average Bonchev–Trinajstić information content (AvgIpc) is 3.19. The van der Waals surface area contributed by atoms with Crippen molar-refractivity contribution in [3.63, 3.8) is 0 Å². The molecule has 1 aliphatic rings. The smallest absolute Gasteiger partial charge is 0.303 e. The highest BCUT2D eigenvalue weighted by Gasteiger charge is 2.43. The van der Waals surface area contributed by atoms with Crippen LogP contribution in [0.1, 0.15) is 26.2 Å². The monoisotopic (exact) mass is 310 g/mol. The lowest BCUT2D eigenvalue weighted by Gasteiger charge is -2.13. The van der Waals surface area contributed by atoms with Gasteiger partial charge in [0.25, 0.3) is 0 Å². The molecule has 0 aromatic heterocycles. The third-order valence-electron chi connectivity index (χ3n) is 3.53. The van der Waals surface area contributed by atoms with Gasteiger partial charge in [-0.3, -0.25) is 4.79 Å². The van der Waals surface area contributed by atoms with Crippen molar-refractivity contribution < 1.29 is 19.4 Å². The van der Waals surface area contributed by atoms with Crippen LogP contribution in [-0.4, -0.2) is 35.8 Å². The third-order valence-corrected chi connectivity index (χ3v) is 4.80. The Bertz CT molecular complexity index is 471. The molecule has 2 rings (SSSR count). The van der Waals surface area contributed by atoms with Crippen LogP contribution in [0.3, 0.4) is 0 Å². The van der Waals surface area contributed by atoms with Gasteiger partial charge in [-0.15, -0.1) is 0 Å². The molecule has 0 saturated heterocycles. The molecular weight excluding hydrogens is 288 g/mol. The molecule has 1 aromatic rings. The first-order valence-corrected chi connectivity index (χ1v) is 8.45. The Morgan fingerprint density at radius 3 is 2.52 bits per heavy atom. The molecule has 0 unspecified atom stereocenters. The maximum Gasteiger partial charge on any atom is 0.303 e. The Morgan fingerprint density at radius 1 is 1.29 bits per heavy atom. The summed E-state index contributed by atoms with van der Waals surface area (Å²) in [6.45, 7) is 3.18. The van der Waals surface area contributed by atoms with Gasteiger partial charge in [0.05, 0.1) is 19.6 Å². The van der Waals surface area contributed by atoms with E-state index < -0.39 is 5.97 Å². The first-order chi connectivity index (χ1) is 10.2. The maximum atomic E-state index is 10.8. The average molecular weight is 310 g/mol. The van der Waals surface area contributed by atoms with Gasteiger partial charge in [0.1, 0.15) is 0 Å². The first-order valence-electron chi connectivity index (χ1n) is 7.29. The summed E-state index contributed by atoms with van der Waals surface area (Å²) in [6, 6.07) is 7.66. The van der Waals surface area contributed by atoms with E-state index in [1.165, 1.54) is 0 Å². The van der Waals surface area contributed by atoms with Crippen molar-refractivity contribution in [3.05, 3.63) is 24.3 Å². The highest BCUT2D eigenvalue weighted by Crippen LogP contribution is 2.50. The van der Waals surface area contributed by atoms with Gasteiger partial charge in [0, 0.05) is 5.75 Å². The second-order valence-electron chi connectivity index (χ2n) is 5.35. The van der Waals surface area contributed by atoms with E-state index in [4.69, 9.17) is 14.6 Å². The molecule has 1 fully saturated rings. The molecule has 0 heterocycles. The number of rotatable bonds is 10. The summed E-state index contributed by atoms with van der Waals surface area (Å²) >= 11 is 1.77. The van der Waals surface area contributed by atoms with Crippen LogP contribution in [0, 0.1) is 5.41 Å². The number of thioether (sulfide) groups is 1. The molecular formula is C16H22O4S. The fourth-order valence-corrected chi connectivity index (χ4v) is 3.38. The largest absolute Gasteiger partial charge is 0.490 e. The van der Waals surface area contributed by atoms with Crippen molar-refractivity contribution in [2.45, 2.75) is 26.2 Å². The molecule has 4 nitrogen and oxygen atoms in total. The highest BCUT2D eigenvalue weighted by atomic mass is 32.2. The molecule has 21 heavy (non-hydrogen) atoms. The summed E-state index contributed by atoms with van der Waals surface area (Å²) < 4.78 is 11.2. The van der Waals surface area contributed by atoms with Gasteiger partial charge in [-0.1, -0.05) is 12.1 Å². The Balaban J connectivity index is 1.67. The van der Waals surface area contributed by atoms with Gasteiger partial charge in [0.2, 0.25) is 0 Å². The van der Waals surface area contributed by atoms with E-state index in [1.54, 1.807) is 11.8 Å². The lowest BCUT2D eigenvalue weighted by atomic mass is 10.1. The van der Waals surface area contributed by atoms with Crippen LogP contribution in [-0.2, 0) is 4.79 Å². The normalized spacial score (nSPS) is 15.5. The van der Waals surface area contributed by atoms with Crippen molar-refractivity contribution in [3.8, 4) is 11.5 Å². The summed E-state index contributed by atoms with van der Waals surface area (Å²) in [7, 11) is 0. The van der Waals surface area contributed by atoms with Crippen LogP contribution >= 0.6 is 11.8 Å². The molecule has 0 radical (unpaired) electrons. The fraction of sp³-hybridized carbons (Fsp3) is 0.562. The van der Waals surface area contributed by atoms with Crippen LogP contribution in [0.15, 0.2) is 24.3 Å². The van der Waals surface area contributed by atoms with E-state index >= 15 is 0 Å². The summed E-state index contributed by atoms with van der Waals surface area (Å²) in [4.78, 5) is 10.8. The molecule has 1 aromatic carbocycles. The van der Waals surface area contributed by atoms with Gasteiger partial charge in [0.15, 0.2) is 11.5 Å². The van der Waals surface area contributed by atoms with Gasteiger partial charge >= 0.3 is 5.97 Å². The second kappa shape index (κ2) is 7.59. The Hall–Kier alpha value is -1.36. The minimum absolute atomic E-state index is 0.0553. The van der Waals surface area contributed by atoms with Gasteiger partial charge in [-0.2, -0.15) is 11.8 Å². The number of carboxylic acids is 1. The summed E-state index contributed by atoms with van der Waals surface area (Å²) in [6.07, 6.45) is 2.38. The van der Waals surface area contributed by atoms with Crippen molar-refractivity contribution in [1.82, 2.24) is 0 Å². The number of para-hydroxylation sites is 2. The molecule has 0 amide bonds. The molecule has 1 N–H and O–H groups in total. The maximum absolute atomic E-state index is 10.8. The van der Waals surface area contributed by atoms with Crippen molar-refractivity contribution in [2.24, 2.45) is 5.41 Å². The molecule has 116 valence electrons. The zero-order valence-corrected chi connectivity index (χ0v) is 13.2. The quantitative estimate of drug-likeness (QED) is 0.671. The minimum Gasteiger partial charge on any atom is -0.490 e. The Kier molecular flexibility index (Phi) is 5.79. The number of ether oxygens (including phenoxy) is 2. The van der Waals surface area contributed by atoms with Crippen molar-refractivity contribution in [1.29, 1.82) is 0 Å². The molecule has 0 spiro atoms. The zero-order valence-electron chi connectivity index (χ0n) is 12.3. The zero-order chi connectivity index (χ0) is 15.1. The van der Waals surface area contributed by atoms with Gasteiger partial charge < -0.3 is 14.6 Å². The number of hydrogen-bond acceptors (Lipinski definition) is 4. The van der Waals surface area contributed by atoms with Gasteiger partial charge in [-0.25, -0.2) is 0 Å². The van der Waals surface area contributed by atoms with E-state index in [1.807, 2.05) is 31.2 Å². The summed E-state index contributed by atoms with van der Waals surface area (Å²) in [5.41, 5.74) is 0.0553. The molecule has 0 bridgehead atoms. The topological polar surface area (TPSA) is 55.8 Å². The van der Waals surface area contributed by atoms with Crippen LogP contribution < -0.4 is 9.47 Å². The number of hydrogen-bond donors (Lipinski definition) is 1. The minimum atomic E-state index is -0.685. The summed E-state index contributed by atoms with van der Waals surface area (Å²) in [5.74, 6) is 2.63. The van der Waals surface area contributed by atoms with E-state index in [0.29, 0.717) is 19.6 Å². The van der Waals surface area contributed by atoms with Crippen LogP contribution in [0.2, 0.25) is 0 Å². The lowest BCUT2D eigenvalue weighted by Crippen LogP contribution is -2.12. The number of benzene rings is 1. The Labute approximate surface area is 129 Å². The van der Waals surface area contributed by atoms with Crippen LogP contribution in [0.5, 0.6) is 11.5 Å². The molecule has 1 aliphatic carbocycles. The van der Waals surface area contributed by atoms with Crippen LogP contribution in [0.25, 0.3) is 0 Å². The number of carbonyl (C=O) groups is 1. The molecule has 0 atom stereocenters. The van der Waals surface area contributed by atoms with E-state index in [2.05, 4.69) is 0 Å². The standard InChI is InChI=1S/C16H22O4S/c1-2-19-13-5-3-4-6-14(13)20-9-10-21-12-16(7-8-16)11-15(17)18/h3-6H,2,7-12H2,1H3,(H,17,18). The van der Waals surface area contributed by atoms with Crippen molar-refractivity contribution >= 4 is 17.7 Å². The Morgan fingerprint density at radius 2 is 1.95 bits per heavy atom. The molecule has 0 aliphatic heterocycles. The predicted octanol–water partition coefficient (Wildman–Crippen LogP) is 3.45. The number of aliphatic carboxylic acids is 1. The van der Waals surface area contributed by atoms with Crippen molar-refractivity contribution in [2.75, 3.05) is 24.7 Å². The second-order valence-corrected chi connectivity index (χ2v) is 6.46. The number of carboxylic acid groups (broad SMARTS) is 1. The lowest BCUT2D eigenvalue weighted by molar-refractivity contribution is -0.138. The van der Waals surface area contributed by atoms with Crippen LogP contribution in [0.4, 0.5) is 0 Å².